The zero-order valence-electron chi connectivity index (χ0n) is 18.2. The van der Waals surface area contributed by atoms with E-state index in [0.717, 1.165) is 39.1 Å². The van der Waals surface area contributed by atoms with E-state index in [4.69, 9.17) is 0 Å². The first-order valence-electron chi connectivity index (χ1n) is 10.9. The number of rotatable bonds is 4. The number of phenols is 1. The Morgan fingerprint density at radius 2 is 1.44 bits per heavy atom. The largest absolute Gasteiger partial charge is 0.508 e. The number of amides is 1. The molecule has 0 saturated heterocycles. The smallest absolute Gasteiger partial charge is 0.239 e. The van der Waals surface area contributed by atoms with Gasteiger partial charge < -0.3 is 10.0 Å². The van der Waals surface area contributed by atoms with Crippen LogP contribution in [0.25, 0.3) is 11.1 Å². The number of carbonyl (C=O) groups is 1. The summed E-state index contributed by atoms with van der Waals surface area (Å²) in [6.07, 6.45) is 0. The van der Waals surface area contributed by atoms with Crippen LogP contribution >= 0.6 is 0 Å². The zero-order chi connectivity index (χ0) is 22.2. The van der Waals surface area contributed by atoms with Crippen molar-refractivity contribution in [2.45, 2.75) is 26.3 Å². The number of carbonyl (C=O) groups excluding carboxylic acids is 1. The Hall–Kier alpha value is -3.85. The first kappa shape index (κ1) is 20.1. The first-order valence-corrected chi connectivity index (χ1v) is 10.9. The molecule has 1 atom stereocenters. The molecule has 1 amide bonds. The van der Waals surface area contributed by atoms with Crippen molar-refractivity contribution in [1.82, 2.24) is 0 Å². The van der Waals surface area contributed by atoms with Crippen molar-refractivity contribution < 1.29 is 9.90 Å². The summed E-state index contributed by atoms with van der Waals surface area (Å²) in [5.74, 6) is -0.338. The van der Waals surface area contributed by atoms with E-state index in [1.165, 1.54) is 0 Å². The van der Waals surface area contributed by atoms with Crippen LogP contribution in [0.1, 0.15) is 33.7 Å². The molecule has 1 heterocycles. The van der Waals surface area contributed by atoms with Crippen molar-refractivity contribution in [1.29, 1.82) is 0 Å². The lowest BCUT2D eigenvalue weighted by Crippen LogP contribution is -2.29. The third-order valence-corrected chi connectivity index (χ3v) is 6.44. The van der Waals surface area contributed by atoms with E-state index >= 15 is 0 Å². The number of aryl methyl sites for hydroxylation is 2. The summed E-state index contributed by atoms with van der Waals surface area (Å²) in [5.41, 5.74) is 7.93. The fraction of sp³-hybridized carbons (Fsp3) is 0.138. The van der Waals surface area contributed by atoms with Crippen molar-refractivity contribution in [2.75, 3.05) is 4.90 Å². The van der Waals surface area contributed by atoms with Crippen molar-refractivity contribution in [2.24, 2.45) is 0 Å². The van der Waals surface area contributed by atoms with Gasteiger partial charge in [0.05, 0.1) is 12.5 Å². The van der Waals surface area contributed by atoms with Gasteiger partial charge in [0.1, 0.15) is 5.75 Å². The summed E-state index contributed by atoms with van der Waals surface area (Å²) in [4.78, 5) is 15.6. The van der Waals surface area contributed by atoms with Crippen LogP contribution in [0.3, 0.4) is 0 Å². The molecule has 0 spiro atoms. The Morgan fingerprint density at radius 3 is 2.25 bits per heavy atom. The van der Waals surface area contributed by atoms with E-state index < -0.39 is 5.92 Å². The van der Waals surface area contributed by atoms with E-state index in [2.05, 4.69) is 24.3 Å². The number of nitrogens with zero attached hydrogens (tertiary/aromatic N) is 1. The van der Waals surface area contributed by atoms with Gasteiger partial charge in [-0.2, -0.15) is 0 Å². The normalized spacial score (nSPS) is 15.1. The monoisotopic (exact) mass is 419 g/mol. The van der Waals surface area contributed by atoms with Crippen LogP contribution in [0, 0.1) is 13.8 Å². The molecular weight excluding hydrogens is 394 g/mol. The molecular formula is C29H25NO2. The third-order valence-electron chi connectivity index (χ3n) is 6.44. The van der Waals surface area contributed by atoms with Crippen molar-refractivity contribution in [3.05, 3.63) is 119 Å². The van der Waals surface area contributed by atoms with Crippen LogP contribution in [0.2, 0.25) is 0 Å². The number of phenolic OH excluding ortho intramolecular Hbond substituents is 1. The van der Waals surface area contributed by atoms with Crippen molar-refractivity contribution >= 4 is 11.6 Å². The molecule has 32 heavy (non-hydrogen) atoms. The minimum absolute atomic E-state index is 0.00684. The van der Waals surface area contributed by atoms with Crippen LogP contribution < -0.4 is 4.90 Å². The van der Waals surface area contributed by atoms with Crippen LogP contribution in [0.5, 0.6) is 5.75 Å². The number of anilines is 1. The average Bonchev–Trinajstić information content (AvgIpc) is 3.08. The second kappa shape index (κ2) is 8.01. The van der Waals surface area contributed by atoms with Crippen molar-refractivity contribution in [3.63, 3.8) is 0 Å². The van der Waals surface area contributed by atoms with Gasteiger partial charge in [-0.25, -0.2) is 0 Å². The van der Waals surface area contributed by atoms with Crippen LogP contribution in [-0.4, -0.2) is 11.0 Å². The van der Waals surface area contributed by atoms with Gasteiger partial charge in [0.25, 0.3) is 0 Å². The highest BCUT2D eigenvalue weighted by Gasteiger charge is 2.39. The maximum absolute atomic E-state index is 13.8. The standard InChI is InChI=1S/C29H25NO2/c1-19-16-25(27(31)17-20(19)2)28-24-14-8-9-15-26(24)30(29(28)32)18-22-12-6-7-13-23(22)21-10-4-3-5-11-21/h3-17,28,31H,18H2,1-2H3. The Morgan fingerprint density at radius 1 is 0.781 bits per heavy atom. The summed E-state index contributed by atoms with van der Waals surface area (Å²) in [7, 11) is 0. The summed E-state index contributed by atoms with van der Waals surface area (Å²) in [6, 6.07) is 30.1. The van der Waals surface area contributed by atoms with Gasteiger partial charge in [0.15, 0.2) is 0 Å². The van der Waals surface area contributed by atoms with Crippen LogP contribution in [0.4, 0.5) is 5.69 Å². The summed E-state index contributed by atoms with van der Waals surface area (Å²) < 4.78 is 0. The molecule has 0 fully saturated rings. The molecule has 1 N–H and O–H groups in total. The van der Waals surface area contributed by atoms with E-state index in [-0.39, 0.29) is 11.7 Å². The molecule has 3 heteroatoms. The van der Waals surface area contributed by atoms with E-state index in [1.807, 2.05) is 79.4 Å². The molecule has 0 aliphatic carbocycles. The number of hydrogen-bond acceptors (Lipinski definition) is 2. The molecule has 1 unspecified atom stereocenters. The second-order valence-electron chi connectivity index (χ2n) is 8.43. The molecule has 0 radical (unpaired) electrons. The quantitative estimate of drug-likeness (QED) is 0.418. The molecule has 4 aromatic carbocycles. The molecule has 158 valence electrons. The number of benzene rings is 4. The lowest BCUT2D eigenvalue weighted by Gasteiger charge is -2.21. The molecule has 1 aliphatic rings. The number of fused-ring (bicyclic) bond motifs is 1. The lowest BCUT2D eigenvalue weighted by molar-refractivity contribution is -0.118. The third kappa shape index (κ3) is 3.36. The topological polar surface area (TPSA) is 40.5 Å². The van der Waals surface area contributed by atoms with Gasteiger partial charge in [0.2, 0.25) is 5.91 Å². The minimum atomic E-state index is -0.505. The van der Waals surface area contributed by atoms with Gasteiger partial charge in [-0.15, -0.1) is 0 Å². The zero-order valence-corrected chi connectivity index (χ0v) is 18.2. The number of aromatic hydroxyl groups is 1. The lowest BCUT2D eigenvalue weighted by atomic mass is 9.89. The summed E-state index contributed by atoms with van der Waals surface area (Å²) in [5, 5.41) is 10.7. The summed E-state index contributed by atoms with van der Waals surface area (Å²) >= 11 is 0. The highest BCUT2D eigenvalue weighted by molar-refractivity contribution is 6.07. The second-order valence-corrected chi connectivity index (χ2v) is 8.43. The van der Waals surface area contributed by atoms with E-state index in [9.17, 15) is 9.90 Å². The Labute approximate surface area is 188 Å². The van der Waals surface area contributed by atoms with E-state index in [1.54, 1.807) is 6.07 Å². The van der Waals surface area contributed by atoms with Gasteiger partial charge in [-0.1, -0.05) is 78.9 Å². The maximum Gasteiger partial charge on any atom is 0.239 e. The first-order chi connectivity index (χ1) is 15.5. The predicted octanol–water partition coefficient (Wildman–Crippen LogP) is 6.35. The van der Waals surface area contributed by atoms with Gasteiger partial charge in [-0.3, -0.25) is 4.79 Å². The molecule has 0 saturated carbocycles. The average molecular weight is 420 g/mol. The van der Waals surface area contributed by atoms with Gasteiger partial charge in [-0.05, 0) is 59.4 Å². The van der Waals surface area contributed by atoms with Crippen LogP contribution in [0.15, 0.2) is 91.0 Å². The highest BCUT2D eigenvalue weighted by atomic mass is 16.3. The highest BCUT2D eigenvalue weighted by Crippen LogP contribution is 2.45. The van der Waals surface area contributed by atoms with Crippen molar-refractivity contribution in [3.8, 4) is 16.9 Å². The predicted molar refractivity (Wildman–Crippen MR) is 129 cm³/mol. The Balaban J connectivity index is 1.58. The SMILES string of the molecule is Cc1cc(O)c(C2C(=O)N(Cc3ccccc3-c3ccccc3)c3ccccc32)cc1C. The molecule has 0 aromatic heterocycles. The Kier molecular flexibility index (Phi) is 5.02. The van der Waals surface area contributed by atoms with Gasteiger partial charge >= 0.3 is 0 Å². The molecule has 3 nitrogen and oxygen atoms in total. The summed E-state index contributed by atoms with van der Waals surface area (Å²) in [6.45, 7) is 4.45. The fourth-order valence-corrected chi connectivity index (χ4v) is 4.63. The molecule has 4 aromatic rings. The maximum atomic E-state index is 13.8. The molecule has 1 aliphatic heterocycles. The van der Waals surface area contributed by atoms with Crippen LogP contribution in [-0.2, 0) is 11.3 Å². The van der Waals surface area contributed by atoms with Gasteiger partial charge in [0, 0.05) is 11.3 Å². The number of para-hydroxylation sites is 1. The fourth-order valence-electron chi connectivity index (χ4n) is 4.63. The minimum Gasteiger partial charge on any atom is -0.508 e. The molecule has 5 rings (SSSR count). The molecule has 0 bridgehead atoms. The van der Waals surface area contributed by atoms with E-state index in [0.29, 0.717) is 12.1 Å². The Bertz CT molecular complexity index is 1310. The number of hydrogen-bond donors (Lipinski definition) is 1.